The Kier molecular flexibility index (Phi) is 8.56. The number of nitrogens with zero attached hydrogens (tertiary/aromatic N) is 1. The van der Waals surface area contributed by atoms with Gasteiger partial charge in [0.2, 0.25) is 0 Å². The molecule has 17 nitrogen and oxygen atoms in total. The second kappa shape index (κ2) is 10.6. The molecule has 3 rings (SSSR count). The quantitative estimate of drug-likeness (QED) is 0.167. The summed E-state index contributed by atoms with van der Waals surface area (Å²) in [5.74, 6) is 0. The monoisotopic (exact) mass is 548 g/mol. The number of H-pyrrole nitrogens is 1. The molecule has 0 saturated carbocycles. The third kappa shape index (κ3) is 6.72. The van der Waals surface area contributed by atoms with Crippen LogP contribution in [0.1, 0.15) is 25.1 Å². The second-order valence-electron chi connectivity index (χ2n) is 8.01. The van der Waals surface area contributed by atoms with E-state index in [4.69, 9.17) is 9.47 Å². The van der Waals surface area contributed by atoms with Gasteiger partial charge in [-0.1, -0.05) is 0 Å². The molecule has 35 heavy (non-hydrogen) atoms. The number of ether oxygens (including phenoxy) is 2. The summed E-state index contributed by atoms with van der Waals surface area (Å²) in [7, 11) is -10.8. The number of hydrogen-bond donors (Lipinski definition) is 7. The van der Waals surface area contributed by atoms with E-state index < -0.39 is 82.6 Å². The minimum atomic E-state index is -5.44. The lowest BCUT2D eigenvalue weighted by molar-refractivity contribution is -0.271. The average molecular weight is 548 g/mol. The fourth-order valence-corrected chi connectivity index (χ4v) is 5.57. The minimum Gasteiger partial charge on any atom is -0.390 e. The van der Waals surface area contributed by atoms with Crippen LogP contribution in [0.4, 0.5) is 0 Å². The standard InChI is InChI=1S/C16H26N2O15P2/c1-6-4-18(16(24)17-14(6)23)10-3-8(19)9(31-10)5-29-34(25,26)33-35(27,28)32-15-13(22)12(21)11(20)7(2)30-15/h4,7-13,15,19-22H,3,5H2,1-2H3,(H,25,26)(H,27,28)(H,17,23,24)/t7-,8-,9+,10+,11-,12+,13+,15+/m0/s1. The number of nitrogens with one attached hydrogen (secondary N) is 1. The van der Waals surface area contributed by atoms with Gasteiger partial charge in [0.05, 0.1) is 18.8 Å². The van der Waals surface area contributed by atoms with Crippen LogP contribution < -0.4 is 11.2 Å². The van der Waals surface area contributed by atoms with E-state index in [1.807, 2.05) is 0 Å². The number of rotatable bonds is 8. The highest BCUT2D eigenvalue weighted by molar-refractivity contribution is 7.61. The smallest absolute Gasteiger partial charge is 0.390 e. The molecule has 2 unspecified atom stereocenters. The van der Waals surface area contributed by atoms with Gasteiger partial charge in [0.25, 0.3) is 5.56 Å². The molecule has 7 N–H and O–H groups in total. The first-order valence-electron chi connectivity index (χ1n) is 10.2. The van der Waals surface area contributed by atoms with E-state index in [0.717, 1.165) is 4.57 Å². The molecule has 2 aliphatic rings. The van der Waals surface area contributed by atoms with E-state index in [9.17, 15) is 48.9 Å². The zero-order chi connectivity index (χ0) is 26.3. The summed E-state index contributed by atoms with van der Waals surface area (Å²) >= 11 is 0. The van der Waals surface area contributed by atoms with Crippen LogP contribution in [0.15, 0.2) is 15.8 Å². The Labute approximate surface area is 196 Å². The molecule has 0 aliphatic carbocycles. The molecule has 200 valence electrons. The van der Waals surface area contributed by atoms with Crippen molar-refractivity contribution in [2.75, 3.05) is 6.61 Å². The second-order valence-corrected chi connectivity index (χ2v) is 11.0. The SMILES string of the molecule is Cc1cn([C@H]2C[C@H](O)[C@@H](COP(=O)(O)OP(=O)(O)O[C@H]3O[C@@H](C)[C@H](O)[C@@H](O)[C@H]3O)O2)c(=O)[nH]c1=O. The van der Waals surface area contributed by atoms with Crippen molar-refractivity contribution in [2.24, 2.45) is 0 Å². The van der Waals surface area contributed by atoms with Crippen LogP contribution in [0.3, 0.4) is 0 Å². The van der Waals surface area contributed by atoms with Crippen molar-refractivity contribution in [3.63, 3.8) is 0 Å². The van der Waals surface area contributed by atoms with Gasteiger partial charge >= 0.3 is 21.3 Å². The zero-order valence-electron chi connectivity index (χ0n) is 18.3. The van der Waals surface area contributed by atoms with E-state index in [1.165, 1.54) is 20.0 Å². The largest absolute Gasteiger partial charge is 0.483 e. The molecular formula is C16H26N2O15P2. The van der Waals surface area contributed by atoms with Crippen molar-refractivity contribution in [2.45, 2.75) is 69.4 Å². The summed E-state index contributed by atoms with van der Waals surface area (Å²) in [4.78, 5) is 45.2. The third-order valence-corrected chi connectivity index (χ3v) is 7.91. The first kappa shape index (κ1) is 28.3. The van der Waals surface area contributed by atoms with Crippen LogP contribution in [-0.2, 0) is 32.0 Å². The maximum atomic E-state index is 12.2. The molecule has 2 saturated heterocycles. The van der Waals surface area contributed by atoms with Gasteiger partial charge in [-0.05, 0) is 13.8 Å². The van der Waals surface area contributed by atoms with E-state index in [0.29, 0.717) is 0 Å². The zero-order valence-corrected chi connectivity index (χ0v) is 20.1. The molecule has 1 aromatic heterocycles. The Hall–Kier alpha value is -1.30. The normalized spacial score (nSPS) is 37.0. The maximum absolute atomic E-state index is 12.2. The number of aromatic amines is 1. The number of aliphatic hydroxyl groups excluding tert-OH is 4. The van der Waals surface area contributed by atoms with Crippen LogP contribution in [0, 0.1) is 6.92 Å². The molecule has 1 aromatic rings. The van der Waals surface area contributed by atoms with Crippen molar-refractivity contribution in [1.29, 1.82) is 0 Å². The molecule has 2 aliphatic heterocycles. The van der Waals surface area contributed by atoms with Gasteiger partial charge in [0.1, 0.15) is 30.6 Å². The predicted molar refractivity (Wildman–Crippen MR) is 111 cm³/mol. The van der Waals surface area contributed by atoms with Crippen molar-refractivity contribution in [1.82, 2.24) is 9.55 Å². The molecular weight excluding hydrogens is 522 g/mol. The van der Waals surface area contributed by atoms with E-state index in [1.54, 1.807) is 0 Å². The molecule has 19 heteroatoms. The number of aryl methyl sites for hydroxylation is 1. The van der Waals surface area contributed by atoms with E-state index >= 15 is 0 Å². The Balaban J connectivity index is 1.59. The summed E-state index contributed by atoms with van der Waals surface area (Å²) < 4.78 is 49.0. The van der Waals surface area contributed by atoms with Gasteiger partial charge in [0, 0.05) is 18.2 Å². The van der Waals surface area contributed by atoms with Crippen molar-refractivity contribution in [3.8, 4) is 0 Å². The van der Waals surface area contributed by atoms with Gasteiger partial charge in [-0.3, -0.25) is 23.4 Å². The molecule has 0 radical (unpaired) electrons. The number of phosphoric ester groups is 2. The average Bonchev–Trinajstić information content (AvgIpc) is 3.11. The summed E-state index contributed by atoms with van der Waals surface area (Å²) in [6.07, 6.45) is -11.0. The lowest BCUT2D eigenvalue weighted by Crippen LogP contribution is -2.57. The van der Waals surface area contributed by atoms with Gasteiger partial charge < -0.3 is 39.7 Å². The van der Waals surface area contributed by atoms with Gasteiger partial charge in [-0.25, -0.2) is 13.9 Å². The molecule has 0 bridgehead atoms. The maximum Gasteiger partial charge on any atom is 0.483 e. The fraction of sp³-hybridized carbons (Fsp3) is 0.750. The Morgan fingerprint density at radius 3 is 2.40 bits per heavy atom. The highest BCUT2D eigenvalue weighted by Gasteiger charge is 2.47. The number of phosphoric acid groups is 2. The molecule has 2 fully saturated rings. The Morgan fingerprint density at radius 2 is 1.74 bits per heavy atom. The number of hydrogen-bond acceptors (Lipinski definition) is 13. The van der Waals surface area contributed by atoms with E-state index in [-0.39, 0.29) is 12.0 Å². The minimum absolute atomic E-state index is 0.152. The van der Waals surface area contributed by atoms with Crippen LogP contribution in [0.5, 0.6) is 0 Å². The lowest BCUT2D eigenvalue weighted by atomic mass is 10.0. The number of aliphatic hydroxyl groups is 4. The highest BCUT2D eigenvalue weighted by atomic mass is 31.3. The van der Waals surface area contributed by atoms with Crippen LogP contribution in [-0.4, -0.2) is 89.3 Å². The molecule has 0 spiro atoms. The van der Waals surface area contributed by atoms with Gasteiger partial charge in [-0.2, -0.15) is 4.31 Å². The summed E-state index contributed by atoms with van der Waals surface area (Å²) in [5.41, 5.74) is -1.23. The summed E-state index contributed by atoms with van der Waals surface area (Å²) in [6, 6.07) is 0. The molecule has 10 atom stereocenters. The van der Waals surface area contributed by atoms with Crippen molar-refractivity contribution >= 4 is 15.6 Å². The number of aromatic nitrogens is 2. The van der Waals surface area contributed by atoms with Crippen molar-refractivity contribution in [3.05, 3.63) is 32.6 Å². The molecule has 0 amide bonds. The van der Waals surface area contributed by atoms with E-state index in [2.05, 4.69) is 18.3 Å². The van der Waals surface area contributed by atoms with Crippen molar-refractivity contribution < 1.29 is 62.2 Å². The highest BCUT2D eigenvalue weighted by Crippen LogP contribution is 2.61. The third-order valence-electron chi connectivity index (χ3n) is 5.31. The Morgan fingerprint density at radius 1 is 1.09 bits per heavy atom. The topological polar surface area (TPSA) is 257 Å². The van der Waals surface area contributed by atoms with Crippen LogP contribution >= 0.6 is 15.6 Å². The summed E-state index contributed by atoms with van der Waals surface area (Å²) in [6.45, 7) is 1.88. The lowest BCUT2D eigenvalue weighted by Gasteiger charge is -2.38. The molecule has 3 heterocycles. The first-order valence-corrected chi connectivity index (χ1v) is 13.1. The van der Waals surface area contributed by atoms with Gasteiger partial charge in [0.15, 0.2) is 6.29 Å². The molecule has 0 aromatic carbocycles. The predicted octanol–water partition coefficient (Wildman–Crippen LogP) is -2.43. The summed E-state index contributed by atoms with van der Waals surface area (Å²) in [5, 5.41) is 39.3. The fourth-order valence-electron chi connectivity index (χ4n) is 3.41. The first-order chi connectivity index (χ1) is 16.1. The Bertz CT molecular complexity index is 1120. The van der Waals surface area contributed by atoms with Crippen LogP contribution in [0.25, 0.3) is 0 Å². The van der Waals surface area contributed by atoms with Gasteiger partial charge in [-0.15, -0.1) is 0 Å². The van der Waals surface area contributed by atoms with Crippen LogP contribution in [0.2, 0.25) is 0 Å².